The second-order valence-electron chi connectivity index (χ2n) is 7.05. The van der Waals surface area contributed by atoms with E-state index in [1.165, 1.54) is 13.5 Å². The van der Waals surface area contributed by atoms with E-state index in [9.17, 15) is 9.90 Å². The van der Waals surface area contributed by atoms with Gasteiger partial charge in [-0.25, -0.2) is 0 Å². The highest BCUT2D eigenvalue weighted by molar-refractivity contribution is 5.77. The van der Waals surface area contributed by atoms with E-state index in [1.807, 2.05) is 0 Å². The summed E-state index contributed by atoms with van der Waals surface area (Å²) in [6.45, 7) is 4.57. The van der Waals surface area contributed by atoms with Gasteiger partial charge in [-0.15, -0.1) is 0 Å². The fourth-order valence-corrected chi connectivity index (χ4v) is 5.43. The van der Waals surface area contributed by atoms with Gasteiger partial charge in [-0.2, -0.15) is 0 Å². The van der Waals surface area contributed by atoms with Gasteiger partial charge in [-0.1, -0.05) is 19.4 Å². The van der Waals surface area contributed by atoms with Crippen LogP contribution in [-0.2, 0) is 9.53 Å². The molecule has 0 aromatic heterocycles. The minimum Gasteiger partial charge on any atom is -0.469 e. The van der Waals surface area contributed by atoms with Crippen LogP contribution in [0.1, 0.15) is 39.5 Å². The summed E-state index contributed by atoms with van der Waals surface area (Å²) in [5.41, 5.74) is 1.09. The smallest absolute Gasteiger partial charge is 0.311 e. The van der Waals surface area contributed by atoms with Crippen molar-refractivity contribution in [3.63, 3.8) is 0 Å². The van der Waals surface area contributed by atoms with Crippen LogP contribution >= 0.6 is 0 Å². The first-order chi connectivity index (χ1) is 8.99. The Morgan fingerprint density at radius 2 is 2.21 bits per heavy atom. The van der Waals surface area contributed by atoms with Crippen molar-refractivity contribution in [3.8, 4) is 0 Å². The van der Waals surface area contributed by atoms with Crippen LogP contribution in [0.2, 0.25) is 0 Å². The molecule has 0 heterocycles. The van der Waals surface area contributed by atoms with Crippen LogP contribution in [0.5, 0.6) is 0 Å². The molecular formula is C16H24O3. The molecule has 0 saturated heterocycles. The average Bonchev–Trinajstić information content (AvgIpc) is 2.63. The molecule has 0 spiro atoms. The lowest BCUT2D eigenvalue weighted by atomic mass is 9.38. The lowest BCUT2D eigenvalue weighted by molar-refractivity contribution is -0.182. The van der Waals surface area contributed by atoms with Crippen molar-refractivity contribution >= 4 is 5.97 Å². The largest absolute Gasteiger partial charge is 0.469 e. The highest BCUT2D eigenvalue weighted by Gasteiger charge is 2.68. The number of aliphatic hydroxyl groups is 1. The van der Waals surface area contributed by atoms with Gasteiger partial charge >= 0.3 is 5.97 Å². The van der Waals surface area contributed by atoms with Gasteiger partial charge in [0.1, 0.15) is 0 Å². The Balaban J connectivity index is 2.03. The van der Waals surface area contributed by atoms with Crippen LogP contribution < -0.4 is 0 Å². The van der Waals surface area contributed by atoms with Crippen molar-refractivity contribution in [2.24, 2.45) is 28.6 Å². The van der Waals surface area contributed by atoms with E-state index in [4.69, 9.17) is 4.74 Å². The Morgan fingerprint density at radius 3 is 2.84 bits per heavy atom. The van der Waals surface area contributed by atoms with Crippen LogP contribution in [0.4, 0.5) is 0 Å². The minimum atomic E-state index is -0.366. The Kier molecular flexibility index (Phi) is 2.83. The maximum Gasteiger partial charge on any atom is 0.311 e. The zero-order chi connectivity index (χ0) is 13.8. The van der Waals surface area contributed by atoms with E-state index in [2.05, 4.69) is 19.9 Å². The molecule has 0 aromatic rings. The average molecular weight is 264 g/mol. The molecule has 3 aliphatic rings. The predicted octanol–water partition coefficient (Wildman–Crippen LogP) is 2.54. The van der Waals surface area contributed by atoms with Gasteiger partial charge in [0, 0.05) is 0 Å². The van der Waals surface area contributed by atoms with E-state index in [0.717, 1.165) is 24.8 Å². The number of carbonyl (C=O) groups is 1. The van der Waals surface area contributed by atoms with E-state index >= 15 is 0 Å². The highest BCUT2D eigenvalue weighted by atomic mass is 16.5. The quantitative estimate of drug-likeness (QED) is 0.616. The van der Waals surface area contributed by atoms with E-state index < -0.39 is 0 Å². The predicted molar refractivity (Wildman–Crippen MR) is 72.3 cm³/mol. The Hall–Kier alpha value is -0.830. The second kappa shape index (κ2) is 4.08. The number of aliphatic hydroxyl groups excluding tert-OH is 1. The molecule has 3 aliphatic carbocycles. The molecule has 0 aliphatic heterocycles. The molecule has 5 atom stereocenters. The number of hydrogen-bond acceptors (Lipinski definition) is 3. The van der Waals surface area contributed by atoms with E-state index in [-0.39, 0.29) is 18.0 Å². The maximum atomic E-state index is 12.3. The third-order valence-corrected chi connectivity index (χ3v) is 6.37. The van der Waals surface area contributed by atoms with Crippen molar-refractivity contribution in [2.45, 2.75) is 39.5 Å². The molecule has 1 N–H and O–H groups in total. The van der Waals surface area contributed by atoms with Crippen LogP contribution in [-0.4, -0.2) is 24.8 Å². The molecule has 0 amide bonds. The molecule has 3 nitrogen and oxygen atoms in total. The fraction of sp³-hybridized carbons (Fsp3) is 0.812. The van der Waals surface area contributed by atoms with Crippen molar-refractivity contribution in [1.82, 2.24) is 0 Å². The van der Waals surface area contributed by atoms with Gasteiger partial charge in [-0.05, 0) is 54.9 Å². The van der Waals surface area contributed by atoms with E-state index in [0.29, 0.717) is 23.2 Å². The van der Waals surface area contributed by atoms with Gasteiger partial charge in [0.2, 0.25) is 0 Å². The normalized spacial score (nSPS) is 47.8. The monoisotopic (exact) mass is 264 g/mol. The number of allylic oxidation sites excluding steroid dienone is 1. The summed E-state index contributed by atoms with van der Waals surface area (Å²) < 4.78 is 5.09. The zero-order valence-electron chi connectivity index (χ0n) is 12.1. The molecular weight excluding hydrogens is 240 g/mol. The third kappa shape index (κ3) is 1.45. The lowest BCUT2D eigenvalue weighted by Crippen LogP contribution is -2.63. The molecule has 0 radical (unpaired) electrons. The molecule has 106 valence electrons. The number of ether oxygens (including phenoxy) is 1. The summed E-state index contributed by atoms with van der Waals surface area (Å²) in [6.07, 6.45) is 6.40. The summed E-state index contributed by atoms with van der Waals surface area (Å²) in [7, 11) is 1.49. The molecule has 4 bridgehead atoms. The molecule has 2 saturated carbocycles. The number of fused-ring (bicyclic) bond motifs is 1. The van der Waals surface area contributed by atoms with Crippen molar-refractivity contribution in [3.05, 3.63) is 11.6 Å². The van der Waals surface area contributed by atoms with Gasteiger partial charge in [-0.3, -0.25) is 4.79 Å². The third-order valence-electron chi connectivity index (χ3n) is 6.37. The summed E-state index contributed by atoms with van der Waals surface area (Å²) >= 11 is 0. The minimum absolute atomic E-state index is 0.0596. The van der Waals surface area contributed by atoms with Crippen molar-refractivity contribution in [2.75, 3.05) is 13.7 Å². The first kappa shape index (κ1) is 13.2. The summed E-state index contributed by atoms with van der Waals surface area (Å²) in [5, 5.41) is 9.63. The molecule has 3 heteroatoms. The summed E-state index contributed by atoms with van der Waals surface area (Å²) in [5.74, 6) is 1.26. The van der Waals surface area contributed by atoms with Crippen LogP contribution in [0.15, 0.2) is 11.6 Å². The Bertz CT molecular complexity index is 441. The molecule has 3 rings (SSSR count). The van der Waals surface area contributed by atoms with Gasteiger partial charge in [0.05, 0.1) is 19.1 Å². The first-order valence-electron chi connectivity index (χ1n) is 7.37. The van der Waals surface area contributed by atoms with Crippen LogP contribution in [0, 0.1) is 28.6 Å². The van der Waals surface area contributed by atoms with E-state index in [1.54, 1.807) is 0 Å². The lowest BCUT2D eigenvalue weighted by Gasteiger charge is -2.65. The number of methoxy groups -OCH3 is 1. The summed E-state index contributed by atoms with van der Waals surface area (Å²) in [6, 6.07) is 0. The maximum absolute atomic E-state index is 12.3. The number of carbonyl (C=O) groups excluding carboxylic acids is 1. The van der Waals surface area contributed by atoms with Crippen molar-refractivity contribution < 1.29 is 14.6 Å². The second-order valence-corrected chi connectivity index (χ2v) is 7.05. The number of hydrogen-bond donors (Lipinski definition) is 1. The molecule has 19 heavy (non-hydrogen) atoms. The van der Waals surface area contributed by atoms with Crippen LogP contribution in [0.3, 0.4) is 0 Å². The highest BCUT2D eigenvalue weighted by Crippen LogP contribution is 2.72. The topological polar surface area (TPSA) is 46.5 Å². The van der Waals surface area contributed by atoms with Gasteiger partial charge in [0.25, 0.3) is 0 Å². The molecule has 0 unspecified atom stereocenters. The molecule has 0 aromatic carbocycles. The van der Waals surface area contributed by atoms with Gasteiger partial charge < -0.3 is 9.84 Å². The SMILES string of the molecule is COC(=O)[C@]1(C)CCC[C@@]2(C)[C@@H]3CC=C(CO)[C@H]2[C@@H]31. The number of esters is 1. The zero-order valence-corrected chi connectivity index (χ0v) is 12.1. The number of rotatable bonds is 2. The van der Waals surface area contributed by atoms with Crippen LogP contribution in [0.25, 0.3) is 0 Å². The molecule has 2 fully saturated rings. The standard InChI is InChI=1S/C16H24O3/c1-15-7-4-8-16(2,14(18)19-3)13-11(15)6-5-10(9-17)12(13)15/h5,11-13,17H,4,6-9H2,1-3H3/t11-,12+,13-,15+,16-/m1/s1. The van der Waals surface area contributed by atoms with Crippen molar-refractivity contribution in [1.29, 1.82) is 0 Å². The fourth-order valence-electron chi connectivity index (χ4n) is 5.43. The van der Waals surface area contributed by atoms with Gasteiger partial charge in [0.15, 0.2) is 0 Å². The summed E-state index contributed by atoms with van der Waals surface area (Å²) in [4.78, 5) is 12.3. The first-order valence-corrected chi connectivity index (χ1v) is 7.37. The Morgan fingerprint density at radius 1 is 1.47 bits per heavy atom. The Labute approximate surface area is 115 Å².